The molecule has 94 valence electrons. The Morgan fingerprint density at radius 3 is 2.76 bits per heavy atom. The summed E-state index contributed by atoms with van der Waals surface area (Å²) in [6, 6.07) is 4.67. The van der Waals surface area contributed by atoms with Gasteiger partial charge in [-0.25, -0.2) is 4.39 Å². The fraction of sp³-hybridized carbons (Fsp3) is 0.571. The summed E-state index contributed by atoms with van der Waals surface area (Å²) in [5, 5.41) is 0.835. The predicted octanol–water partition coefficient (Wildman–Crippen LogP) is 5.21. The fourth-order valence-corrected chi connectivity index (χ4v) is 3.23. The molecule has 1 aromatic rings. The Kier molecular flexibility index (Phi) is 4.69. The number of alkyl halides is 1. The minimum absolute atomic E-state index is 0.269. The van der Waals surface area contributed by atoms with E-state index in [1.54, 1.807) is 6.07 Å². The summed E-state index contributed by atoms with van der Waals surface area (Å²) in [6.45, 7) is 0. The number of hydrogen-bond donors (Lipinski definition) is 0. The van der Waals surface area contributed by atoms with Crippen molar-refractivity contribution in [2.24, 2.45) is 5.92 Å². The van der Waals surface area contributed by atoms with E-state index in [-0.39, 0.29) is 5.82 Å². The summed E-state index contributed by atoms with van der Waals surface area (Å²) in [5.41, 5.74) is 1.05. The topological polar surface area (TPSA) is 0 Å². The van der Waals surface area contributed by atoms with Gasteiger partial charge in [0, 0.05) is 10.4 Å². The van der Waals surface area contributed by atoms with Crippen LogP contribution in [0, 0.1) is 11.7 Å². The Hall–Kier alpha value is -0.270. The third-order valence-corrected chi connectivity index (χ3v) is 4.24. The van der Waals surface area contributed by atoms with Gasteiger partial charge in [0.1, 0.15) is 5.82 Å². The number of hydrogen-bond acceptors (Lipinski definition) is 0. The highest BCUT2D eigenvalue weighted by Crippen LogP contribution is 2.31. The zero-order valence-corrected chi connectivity index (χ0v) is 11.3. The molecule has 1 aliphatic carbocycles. The molecule has 0 radical (unpaired) electrons. The molecule has 0 aliphatic heterocycles. The van der Waals surface area contributed by atoms with Crippen molar-refractivity contribution in [1.82, 2.24) is 0 Å². The molecule has 2 rings (SSSR count). The Balaban J connectivity index is 2.03. The van der Waals surface area contributed by atoms with Crippen molar-refractivity contribution in [1.29, 1.82) is 0 Å². The molecular weight excluding hydrogens is 258 g/mol. The molecule has 0 amide bonds. The summed E-state index contributed by atoms with van der Waals surface area (Å²) in [7, 11) is 0. The van der Waals surface area contributed by atoms with E-state index in [0.29, 0.717) is 16.3 Å². The van der Waals surface area contributed by atoms with E-state index in [2.05, 4.69) is 0 Å². The monoisotopic (exact) mass is 274 g/mol. The smallest absolute Gasteiger partial charge is 0.124 e. The van der Waals surface area contributed by atoms with Gasteiger partial charge in [0.05, 0.1) is 0 Å². The minimum atomic E-state index is -0.269. The maximum atomic E-state index is 12.9. The van der Waals surface area contributed by atoms with Gasteiger partial charge < -0.3 is 0 Å². The minimum Gasteiger partial charge on any atom is -0.207 e. The van der Waals surface area contributed by atoms with Gasteiger partial charge in [-0.2, -0.15) is 0 Å². The molecule has 0 spiro atoms. The van der Waals surface area contributed by atoms with Crippen molar-refractivity contribution < 1.29 is 4.39 Å². The van der Waals surface area contributed by atoms with Crippen molar-refractivity contribution in [3.05, 3.63) is 34.6 Å². The molecule has 0 heterocycles. The van der Waals surface area contributed by atoms with Crippen molar-refractivity contribution in [2.75, 3.05) is 0 Å². The molecule has 0 nitrogen and oxygen atoms in total. The van der Waals surface area contributed by atoms with E-state index in [4.69, 9.17) is 23.2 Å². The van der Waals surface area contributed by atoms with Crippen molar-refractivity contribution in [2.45, 2.75) is 43.9 Å². The second kappa shape index (κ2) is 6.06. The third kappa shape index (κ3) is 3.86. The standard InChI is InChI=1S/C14H17Cl2F/c15-12-4-2-1-3-10(8-12)7-11-5-6-13(17)9-14(11)16/h5-6,9-10,12H,1-4,7-8H2. The van der Waals surface area contributed by atoms with E-state index < -0.39 is 0 Å². The van der Waals surface area contributed by atoms with Gasteiger partial charge in [-0.05, 0) is 42.9 Å². The van der Waals surface area contributed by atoms with Crippen LogP contribution in [0.4, 0.5) is 4.39 Å². The first kappa shape index (κ1) is 13.2. The third-order valence-electron chi connectivity index (χ3n) is 3.49. The summed E-state index contributed by atoms with van der Waals surface area (Å²) in [6.07, 6.45) is 6.76. The lowest BCUT2D eigenvalue weighted by Gasteiger charge is -2.16. The molecule has 0 aromatic heterocycles. The second-order valence-corrected chi connectivity index (χ2v) is 5.95. The number of halogens is 3. The highest BCUT2D eigenvalue weighted by Gasteiger charge is 2.19. The van der Waals surface area contributed by atoms with Crippen LogP contribution in [0.5, 0.6) is 0 Å². The van der Waals surface area contributed by atoms with Crippen LogP contribution in [0.2, 0.25) is 5.02 Å². The maximum Gasteiger partial charge on any atom is 0.124 e. The maximum absolute atomic E-state index is 12.9. The molecule has 2 unspecified atom stereocenters. The Morgan fingerprint density at radius 2 is 2.00 bits per heavy atom. The summed E-state index contributed by atoms with van der Waals surface area (Å²) < 4.78 is 12.9. The van der Waals surface area contributed by atoms with Crippen molar-refractivity contribution >= 4 is 23.2 Å². The molecule has 0 saturated heterocycles. The lowest BCUT2D eigenvalue weighted by molar-refractivity contribution is 0.460. The summed E-state index contributed by atoms with van der Waals surface area (Å²) >= 11 is 12.3. The zero-order chi connectivity index (χ0) is 12.3. The molecule has 0 N–H and O–H groups in total. The fourth-order valence-electron chi connectivity index (χ4n) is 2.58. The van der Waals surface area contributed by atoms with E-state index in [1.165, 1.54) is 31.4 Å². The van der Waals surface area contributed by atoms with Crippen molar-refractivity contribution in [3.8, 4) is 0 Å². The molecule has 1 aromatic carbocycles. The van der Waals surface area contributed by atoms with Gasteiger partial charge in [0.2, 0.25) is 0 Å². The quantitative estimate of drug-likeness (QED) is 0.513. The van der Waals surface area contributed by atoms with Gasteiger partial charge >= 0.3 is 0 Å². The Morgan fingerprint density at radius 1 is 1.24 bits per heavy atom. The van der Waals surface area contributed by atoms with Crippen LogP contribution >= 0.6 is 23.2 Å². The van der Waals surface area contributed by atoms with Crippen LogP contribution in [0.3, 0.4) is 0 Å². The summed E-state index contributed by atoms with van der Waals surface area (Å²) in [5.74, 6) is 0.317. The molecule has 1 fully saturated rings. The number of benzene rings is 1. The van der Waals surface area contributed by atoms with Gasteiger partial charge in [-0.3, -0.25) is 0 Å². The van der Waals surface area contributed by atoms with Gasteiger partial charge in [0.15, 0.2) is 0 Å². The van der Waals surface area contributed by atoms with Crippen LogP contribution in [-0.4, -0.2) is 5.38 Å². The first-order chi connectivity index (χ1) is 8.15. The zero-order valence-electron chi connectivity index (χ0n) is 9.76. The van der Waals surface area contributed by atoms with E-state index in [9.17, 15) is 4.39 Å². The SMILES string of the molecule is Fc1ccc(CC2CCCCC(Cl)C2)c(Cl)c1. The van der Waals surface area contributed by atoms with Crippen LogP contribution in [0.25, 0.3) is 0 Å². The lowest BCUT2D eigenvalue weighted by Crippen LogP contribution is -2.09. The largest absolute Gasteiger partial charge is 0.207 e. The first-order valence-electron chi connectivity index (χ1n) is 6.23. The molecule has 1 aliphatic rings. The van der Waals surface area contributed by atoms with E-state index in [0.717, 1.165) is 24.8 Å². The van der Waals surface area contributed by atoms with Crippen molar-refractivity contribution in [3.63, 3.8) is 0 Å². The van der Waals surface area contributed by atoms with E-state index in [1.807, 2.05) is 0 Å². The highest BCUT2D eigenvalue weighted by molar-refractivity contribution is 6.31. The molecule has 17 heavy (non-hydrogen) atoms. The van der Waals surface area contributed by atoms with Crippen LogP contribution in [-0.2, 0) is 6.42 Å². The normalized spacial score (nSPS) is 25.6. The molecule has 3 heteroatoms. The first-order valence-corrected chi connectivity index (χ1v) is 7.04. The van der Waals surface area contributed by atoms with Crippen LogP contribution in [0.15, 0.2) is 18.2 Å². The van der Waals surface area contributed by atoms with E-state index >= 15 is 0 Å². The molecule has 2 atom stereocenters. The molecule has 1 saturated carbocycles. The van der Waals surface area contributed by atoms with Gasteiger partial charge in [-0.15, -0.1) is 11.6 Å². The average Bonchev–Trinajstić information content (AvgIpc) is 2.47. The van der Waals surface area contributed by atoms with Gasteiger partial charge in [0.25, 0.3) is 0 Å². The Labute approximate surface area is 112 Å². The highest BCUT2D eigenvalue weighted by atomic mass is 35.5. The summed E-state index contributed by atoms with van der Waals surface area (Å²) in [4.78, 5) is 0. The van der Waals surface area contributed by atoms with Crippen LogP contribution in [0.1, 0.15) is 37.7 Å². The van der Waals surface area contributed by atoms with Gasteiger partial charge in [-0.1, -0.05) is 36.9 Å². The molecular formula is C14H17Cl2F. The predicted molar refractivity (Wildman–Crippen MR) is 71.3 cm³/mol. The molecule has 0 bridgehead atoms. The average molecular weight is 275 g/mol. The lowest BCUT2D eigenvalue weighted by atomic mass is 9.92. The van der Waals surface area contributed by atoms with Crippen LogP contribution < -0.4 is 0 Å². The number of rotatable bonds is 2. The Bertz CT molecular complexity index is 378. The second-order valence-electron chi connectivity index (χ2n) is 4.92.